The first-order valence-corrected chi connectivity index (χ1v) is 7.30. The van der Waals surface area contributed by atoms with Gasteiger partial charge < -0.3 is 5.32 Å². The average molecular weight is 272 g/mol. The Balaban J connectivity index is 2.05. The van der Waals surface area contributed by atoms with E-state index in [9.17, 15) is 4.39 Å². The lowest BCUT2D eigenvalue weighted by Crippen LogP contribution is -2.45. The molecule has 3 rings (SSSR count). The molecule has 1 aliphatic heterocycles. The van der Waals surface area contributed by atoms with Gasteiger partial charge in [-0.15, -0.1) is 0 Å². The fourth-order valence-corrected chi connectivity index (χ4v) is 3.13. The molecule has 0 aliphatic carbocycles. The zero-order valence-corrected chi connectivity index (χ0v) is 11.9. The van der Waals surface area contributed by atoms with Crippen LogP contribution in [0.2, 0.25) is 0 Å². The summed E-state index contributed by atoms with van der Waals surface area (Å²) in [6, 6.07) is 12.4. The minimum atomic E-state index is -0.326. The zero-order chi connectivity index (χ0) is 13.9. The highest BCUT2D eigenvalue weighted by Crippen LogP contribution is 2.30. The number of fused-ring (bicyclic) bond motifs is 1. The summed E-state index contributed by atoms with van der Waals surface area (Å²) in [6.45, 7) is 5.50. The Kier molecular flexibility index (Phi) is 3.99. The van der Waals surface area contributed by atoms with Crippen molar-refractivity contribution < 1.29 is 4.39 Å². The van der Waals surface area contributed by atoms with E-state index in [1.165, 1.54) is 16.3 Å². The van der Waals surface area contributed by atoms with Gasteiger partial charge in [0.2, 0.25) is 0 Å². The Hall–Kier alpha value is -1.45. The Morgan fingerprint density at radius 3 is 2.50 bits per heavy atom. The number of hydrogen-bond acceptors (Lipinski definition) is 2. The average Bonchev–Trinajstić information content (AvgIpc) is 2.52. The van der Waals surface area contributed by atoms with Crippen molar-refractivity contribution >= 4 is 10.8 Å². The minimum absolute atomic E-state index is 0.123. The number of piperazine rings is 1. The van der Waals surface area contributed by atoms with Crippen molar-refractivity contribution in [2.24, 2.45) is 0 Å². The predicted octanol–water partition coefficient (Wildman–Crippen LogP) is 3.06. The van der Waals surface area contributed by atoms with Gasteiger partial charge in [0.05, 0.1) is 6.04 Å². The quantitative estimate of drug-likeness (QED) is 0.924. The van der Waals surface area contributed by atoms with Crippen LogP contribution in [0.3, 0.4) is 0 Å². The number of nitrogens with one attached hydrogen (secondary N) is 1. The molecule has 0 bridgehead atoms. The molecule has 0 amide bonds. The number of alkyl halides is 1. The van der Waals surface area contributed by atoms with Gasteiger partial charge in [-0.1, -0.05) is 36.4 Å². The maximum absolute atomic E-state index is 13.7. The molecule has 0 saturated carbocycles. The molecule has 2 aromatic carbocycles. The monoisotopic (exact) mass is 272 g/mol. The maximum Gasteiger partial charge on any atom is 0.109 e. The fourth-order valence-electron chi connectivity index (χ4n) is 3.13. The van der Waals surface area contributed by atoms with E-state index in [1.54, 1.807) is 0 Å². The molecule has 3 heteroatoms. The molecular formula is C17H21FN2. The summed E-state index contributed by atoms with van der Waals surface area (Å²) in [6.07, 6.45) is 0. The molecule has 2 nitrogen and oxygen atoms in total. The molecule has 0 radical (unpaired) electrons. The number of halogens is 1. The van der Waals surface area contributed by atoms with Gasteiger partial charge >= 0.3 is 0 Å². The van der Waals surface area contributed by atoms with Crippen LogP contribution in [-0.4, -0.2) is 37.8 Å². The Bertz CT molecular complexity index is 591. The molecule has 106 valence electrons. The molecule has 1 atom stereocenters. The van der Waals surface area contributed by atoms with Gasteiger partial charge in [0, 0.05) is 26.2 Å². The van der Waals surface area contributed by atoms with Crippen LogP contribution in [-0.2, 0) is 0 Å². The van der Waals surface area contributed by atoms with E-state index in [0.717, 1.165) is 31.7 Å². The van der Waals surface area contributed by atoms with Crippen LogP contribution in [0.1, 0.15) is 17.2 Å². The maximum atomic E-state index is 13.7. The first-order chi connectivity index (χ1) is 9.81. The van der Waals surface area contributed by atoms with Gasteiger partial charge in [0.1, 0.15) is 6.67 Å². The molecule has 20 heavy (non-hydrogen) atoms. The zero-order valence-electron chi connectivity index (χ0n) is 11.9. The second-order valence-electron chi connectivity index (χ2n) is 5.47. The summed E-state index contributed by atoms with van der Waals surface area (Å²) in [7, 11) is 0. The fraction of sp³-hybridized carbons (Fsp3) is 0.412. The normalized spacial score (nSPS) is 18.3. The molecule has 0 aromatic heterocycles. The van der Waals surface area contributed by atoms with E-state index in [0.29, 0.717) is 0 Å². The van der Waals surface area contributed by atoms with E-state index in [-0.39, 0.29) is 12.7 Å². The van der Waals surface area contributed by atoms with Crippen molar-refractivity contribution in [2.45, 2.75) is 13.0 Å². The largest absolute Gasteiger partial charge is 0.314 e. The first-order valence-electron chi connectivity index (χ1n) is 7.30. The van der Waals surface area contributed by atoms with Crippen LogP contribution in [0, 0.1) is 6.92 Å². The van der Waals surface area contributed by atoms with Gasteiger partial charge in [-0.25, -0.2) is 4.39 Å². The Labute approximate surface area is 119 Å². The summed E-state index contributed by atoms with van der Waals surface area (Å²) < 4.78 is 13.7. The van der Waals surface area contributed by atoms with E-state index in [1.807, 2.05) is 12.1 Å². The molecule has 1 aliphatic rings. The smallest absolute Gasteiger partial charge is 0.109 e. The summed E-state index contributed by atoms with van der Waals surface area (Å²) >= 11 is 0. The minimum Gasteiger partial charge on any atom is -0.314 e. The SMILES string of the molecule is Cc1ccc([C@@H](CF)N2CCNCC2)c2ccccc12. The van der Waals surface area contributed by atoms with Gasteiger partial charge in [-0.3, -0.25) is 4.90 Å². The standard InChI is InChI=1S/C17H21FN2/c1-13-6-7-16(15-5-3-2-4-14(13)15)17(12-18)20-10-8-19-9-11-20/h2-7,17,19H,8-12H2,1H3/t17-/m1/s1. The van der Waals surface area contributed by atoms with Crippen LogP contribution >= 0.6 is 0 Å². The summed E-state index contributed by atoms with van der Waals surface area (Å²) in [5.74, 6) is 0. The van der Waals surface area contributed by atoms with Crippen molar-refractivity contribution in [2.75, 3.05) is 32.9 Å². The lowest BCUT2D eigenvalue weighted by molar-refractivity contribution is 0.148. The first kappa shape index (κ1) is 13.5. The summed E-state index contributed by atoms with van der Waals surface area (Å²) in [4.78, 5) is 2.26. The molecule has 1 saturated heterocycles. The number of hydrogen-bond donors (Lipinski definition) is 1. The molecular weight excluding hydrogens is 251 g/mol. The molecule has 0 spiro atoms. The van der Waals surface area contributed by atoms with Crippen molar-refractivity contribution in [3.63, 3.8) is 0 Å². The van der Waals surface area contributed by atoms with Crippen LogP contribution in [0.4, 0.5) is 4.39 Å². The second kappa shape index (κ2) is 5.90. The topological polar surface area (TPSA) is 15.3 Å². The predicted molar refractivity (Wildman–Crippen MR) is 81.8 cm³/mol. The highest BCUT2D eigenvalue weighted by Gasteiger charge is 2.23. The van der Waals surface area contributed by atoms with Gasteiger partial charge in [0.15, 0.2) is 0 Å². The third kappa shape index (κ3) is 2.43. The van der Waals surface area contributed by atoms with Crippen molar-refractivity contribution in [1.82, 2.24) is 10.2 Å². The number of benzene rings is 2. The Morgan fingerprint density at radius 1 is 1.10 bits per heavy atom. The highest BCUT2D eigenvalue weighted by molar-refractivity contribution is 5.88. The van der Waals surface area contributed by atoms with Crippen LogP contribution in [0.5, 0.6) is 0 Å². The molecule has 2 aromatic rings. The van der Waals surface area contributed by atoms with Crippen molar-refractivity contribution in [3.05, 3.63) is 47.5 Å². The lowest BCUT2D eigenvalue weighted by atomic mass is 9.95. The number of aryl methyl sites for hydroxylation is 1. The number of nitrogens with zero attached hydrogens (tertiary/aromatic N) is 1. The molecule has 1 heterocycles. The van der Waals surface area contributed by atoms with Gasteiger partial charge in [-0.05, 0) is 28.8 Å². The Morgan fingerprint density at radius 2 is 1.80 bits per heavy atom. The second-order valence-corrected chi connectivity index (χ2v) is 5.47. The van der Waals surface area contributed by atoms with Crippen LogP contribution < -0.4 is 5.32 Å². The molecule has 1 fully saturated rings. The third-order valence-corrected chi connectivity index (χ3v) is 4.27. The van der Waals surface area contributed by atoms with E-state index < -0.39 is 0 Å². The third-order valence-electron chi connectivity index (χ3n) is 4.27. The van der Waals surface area contributed by atoms with E-state index >= 15 is 0 Å². The van der Waals surface area contributed by atoms with Gasteiger partial charge in [-0.2, -0.15) is 0 Å². The number of rotatable bonds is 3. The molecule has 1 N–H and O–H groups in total. The summed E-state index contributed by atoms with van der Waals surface area (Å²) in [5, 5.41) is 5.75. The van der Waals surface area contributed by atoms with Crippen molar-refractivity contribution in [1.29, 1.82) is 0 Å². The van der Waals surface area contributed by atoms with Crippen molar-refractivity contribution in [3.8, 4) is 0 Å². The van der Waals surface area contributed by atoms with Crippen LogP contribution in [0.15, 0.2) is 36.4 Å². The highest BCUT2D eigenvalue weighted by atomic mass is 19.1. The van der Waals surface area contributed by atoms with E-state index in [4.69, 9.17) is 0 Å². The summed E-state index contributed by atoms with van der Waals surface area (Å²) in [5.41, 5.74) is 2.37. The van der Waals surface area contributed by atoms with E-state index in [2.05, 4.69) is 41.4 Å². The van der Waals surface area contributed by atoms with Gasteiger partial charge in [0.25, 0.3) is 0 Å². The lowest BCUT2D eigenvalue weighted by Gasteiger charge is -2.34. The van der Waals surface area contributed by atoms with Crippen LogP contribution in [0.25, 0.3) is 10.8 Å². The molecule has 0 unspecified atom stereocenters.